The van der Waals surface area contributed by atoms with Gasteiger partial charge in [-0.3, -0.25) is 0 Å². The van der Waals surface area contributed by atoms with Gasteiger partial charge in [0, 0.05) is 13.1 Å². The number of hydrogen-bond acceptors (Lipinski definition) is 4. The van der Waals surface area contributed by atoms with Gasteiger partial charge in [0.2, 0.25) is 0 Å². The third-order valence-electron chi connectivity index (χ3n) is 2.85. The van der Waals surface area contributed by atoms with E-state index in [2.05, 4.69) is 27.5 Å². The third-order valence-corrected chi connectivity index (χ3v) is 3.05. The van der Waals surface area contributed by atoms with Crippen LogP contribution in [0.1, 0.15) is 12.1 Å². The average Bonchev–Trinajstić information content (AvgIpc) is 2.74. The fourth-order valence-corrected chi connectivity index (χ4v) is 2.18. The fourth-order valence-electron chi connectivity index (χ4n) is 2.08. The van der Waals surface area contributed by atoms with Crippen LogP contribution in [0.4, 0.5) is 0 Å². The van der Waals surface area contributed by atoms with Gasteiger partial charge in [0.1, 0.15) is 0 Å². The highest BCUT2D eigenvalue weighted by Gasteiger charge is 2.16. The van der Waals surface area contributed by atoms with Crippen molar-refractivity contribution in [2.45, 2.75) is 13.0 Å². The molecule has 0 bridgehead atoms. The standard InChI is InChI=1S/C11H17ClN4/c1-16(7-9-4-5-13-6-9)8-10-2-3-11(12)15-14-10/h2-3,9,13H,4-8H2,1H3. The summed E-state index contributed by atoms with van der Waals surface area (Å²) >= 11 is 5.69. The van der Waals surface area contributed by atoms with Gasteiger partial charge in [-0.15, -0.1) is 5.10 Å². The van der Waals surface area contributed by atoms with Gasteiger partial charge in [-0.2, -0.15) is 5.10 Å². The van der Waals surface area contributed by atoms with Crippen molar-refractivity contribution in [1.82, 2.24) is 20.4 Å². The molecule has 1 unspecified atom stereocenters. The van der Waals surface area contributed by atoms with E-state index in [4.69, 9.17) is 11.6 Å². The van der Waals surface area contributed by atoms with Crippen LogP contribution in [-0.2, 0) is 6.54 Å². The molecule has 1 atom stereocenters. The smallest absolute Gasteiger partial charge is 0.151 e. The van der Waals surface area contributed by atoms with Crippen molar-refractivity contribution in [1.29, 1.82) is 0 Å². The van der Waals surface area contributed by atoms with Crippen LogP contribution in [0.25, 0.3) is 0 Å². The van der Waals surface area contributed by atoms with Crippen molar-refractivity contribution >= 4 is 11.6 Å². The minimum absolute atomic E-state index is 0.450. The molecule has 2 heterocycles. The van der Waals surface area contributed by atoms with E-state index in [0.29, 0.717) is 5.15 Å². The molecule has 0 amide bonds. The Labute approximate surface area is 101 Å². The Hall–Kier alpha value is -0.710. The predicted molar refractivity (Wildman–Crippen MR) is 64.4 cm³/mol. The van der Waals surface area contributed by atoms with E-state index in [1.54, 1.807) is 6.07 Å². The maximum atomic E-state index is 5.69. The molecule has 1 aliphatic heterocycles. The zero-order chi connectivity index (χ0) is 11.4. The Morgan fingerprint density at radius 2 is 2.38 bits per heavy atom. The quantitative estimate of drug-likeness (QED) is 0.858. The molecule has 5 heteroatoms. The molecule has 0 saturated carbocycles. The molecule has 0 spiro atoms. The van der Waals surface area contributed by atoms with Crippen LogP contribution in [0.2, 0.25) is 5.15 Å². The van der Waals surface area contributed by atoms with Crippen LogP contribution >= 0.6 is 11.6 Å². The molecule has 1 aromatic heterocycles. The van der Waals surface area contributed by atoms with Gasteiger partial charge in [-0.1, -0.05) is 11.6 Å². The molecule has 16 heavy (non-hydrogen) atoms. The van der Waals surface area contributed by atoms with E-state index < -0.39 is 0 Å². The van der Waals surface area contributed by atoms with Crippen molar-refractivity contribution in [3.63, 3.8) is 0 Å². The van der Waals surface area contributed by atoms with Crippen molar-refractivity contribution in [3.8, 4) is 0 Å². The van der Waals surface area contributed by atoms with E-state index in [0.717, 1.165) is 37.8 Å². The first-order valence-corrected chi connectivity index (χ1v) is 5.99. The predicted octanol–water partition coefficient (Wildman–Crippen LogP) is 1.17. The third kappa shape index (κ3) is 3.40. The van der Waals surface area contributed by atoms with E-state index >= 15 is 0 Å². The first-order valence-electron chi connectivity index (χ1n) is 5.61. The Morgan fingerprint density at radius 3 is 3.00 bits per heavy atom. The number of rotatable bonds is 4. The van der Waals surface area contributed by atoms with Gasteiger partial charge in [0.25, 0.3) is 0 Å². The highest BCUT2D eigenvalue weighted by molar-refractivity contribution is 6.29. The zero-order valence-electron chi connectivity index (χ0n) is 9.49. The summed E-state index contributed by atoms with van der Waals surface area (Å²) in [6.07, 6.45) is 1.27. The highest BCUT2D eigenvalue weighted by Crippen LogP contribution is 2.10. The Balaban J connectivity index is 1.81. The molecule has 2 rings (SSSR count). The molecular weight excluding hydrogens is 224 g/mol. The summed E-state index contributed by atoms with van der Waals surface area (Å²) < 4.78 is 0. The summed E-state index contributed by atoms with van der Waals surface area (Å²) in [5.41, 5.74) is 0.970. The minimum atomic E-state index is 0.450. The molecule has 1 fully saturated rings. The summed E-state index contributed by atoms with van der Waals surface area (Å²) in [7, 11) is 2.12. The van der Waals surface area contributed by atoms with Crippen LogP contribution in [0.5, 0.6) is 0 Å². The number of nitrogens with zero attached hydrogens (tertiary/aromatic N) is 3. The first-order chi connectivity index (χ1) is 7.74. The second-order valence-electron chi connectivity index (χ2n) is 4.40. The van der Waals surface area contributed by atoms with Crippen LogP contribution < -0.4 is 5.32 Å². The molecule has 0 aromatic carbocycles. The summed E-state index contributed by atoms with van der Waals surface area (Å²) in [6.45, 7) is 4.23. The fraction of sp³-hybridized carbons (Fsp3) is 0.636. The maximum absolute atomic E-state index is 5.69. The average molecular weight is 241 g/mol. The number of halogens is 1. The first kappa shape index (κ1) is 11.8. The highest BCUT2D eigenvalue weighted by atomic mass is 35.5. The molecule has 1 N–H and O–H groups in total. The lowest BCUT2D eigenvalue weighted by Crippen LogP contribution is -2.27. The summed E-state index contributed by atoms with van der Waals surface area (Å²) in [4.78, 5) is 2.29. The van der Waals surface area contributed by atoms with Gasteiger partial charge in [-0.05, 0) is 44.6 Å². The van der Waals surface area contributed by atoms with Crippen molar-refractivity contribution in [2.24, 2.45) is 5.92 Å². The van der Waals surface area contributed by atoms with E-state index in [9.17, 15) is 0 Å². The van der Waals surface area contributed by atoms with Gasteiger partial charge in [0.05, 0.1) is 5.69 Å². The van der Waals surface area contributed by atoms with Gasteiger partial charge in [-0.25, -0.2) is 0 Å². The van der Waals surface area contributed by atoms with E-state index in [1.165, 1.54) is 6.42 Å². The molecule has 1 aromatic rings. The Morgan fingerprint density at radius 1 is 1.50 bits per heavy atom. The molecular formula is C11H17ClN4. The molecule has 1 aliphatic rings. The second-order valence-corrected chi connectivity index (χ2v) is 4.79. The summed E-state index contributed by atoms with van der Waals surface area (Å²) in [5, 5.41) is 11.7. The number of aromatic nitrogens is 2. The Kier molecular flexibility index (Phi) is 4.09. The lowest BCUT2D eigenvalue weighted by molar-refractivity contribution is 0.274. The Bertz CT molecular complexity index is 321. The number of hydrogen-bond donors (Lipinski definition) is 1. The molecule has 0 radical (unpaired) electrons. The topological polar surface area (TPSA) is 41.1 Å². The summed E-state index contributed by atoms with van der Waals surface area (Å²) in [5.74, 6) is 0.769. The lowest BCUT2D eigenvalue weighted by Gasteiger charge is -2.19. The summed E-state index contributed by atoms with van der Waals surface area (Å²) in [6, 6.07) is 3.72. The minimum Gasteiger partial charge on any atom is -0.316 e. The number of nitrogens with one attached hydrogen (secondary N) is 1. The van der Waals surface area contributed by atoms with E-state index in [-0.39, 0.29) is 0 Å². The van der Waals surface area contributed by atoms with Crippen molar-refractivity contribution in [3.05, 3.63) is 23.0 Å². The largest absolute Gasteiger partial charge is 0.316 e. The van der Waals surface area contributed by atoms with Crippen molar-refractivity contribution in [2.75, 3.05) is 26.7 Å². The molecule has 4 nitrogen and oxygen atoms in total. The second kappa shape index (κ2) is 5.57. The van der Waals surface area contributed by atoms with Crippen LogP contribution in [0.3, 0.4) is 0 Å². The van der Waals surface area contributed by atoms with Gasteiger partial charge >= 0.3 is 0 Å². The maximum Gasteiger partial charge on any atom is 0.151 e. The van der Waals surface area contributed by atoms with Gasteiger partial charge < -0.3 is 10.2 Å². The normalized spacial score (nSPS) is 20.6. The van der Waals surface area contributed by atoms with Crippen LogP contribution in [-0.4, -0.2) is 41.8 Å². The van der Waals surface area contributed by atoms with Crippen LogP contribution in [0.15, 0.2) is 12.1 Å². The van der Waals surface area contributed by atoms with Gasteiger partial charge in [0.15, 0.2) is 5.15 Å². The zero-order valence-corrected chi connectivity index (χ0v) is 10.2. The molecule has 1 saturated heterocycles. The SMILES string of the molecule is CN(Cc1ccc(Cl)nn1)CC1CCNC1. The lowest BCUT2D eigenvalue weighted by atomic mass is 10.1. The monoisotopic (exact) mass is 240 g/mol. The molecule has 88 valence electrons. The van der Waals surface area contributed by atoms with Crippen molar-refractivity contribution < 1.29 is 0 Å². The molecule has 0 aliphatic carbocycles. The van der Waals surface area contributed by atoms with E-state index in [1.807, 2.05) is 6.07 Å². The van der Waals surface area contributed by atoms with Crippen LogP contribution in [0, 0.1) is 5.92 Å².